The fourth-order valence-corrected chi connectivity index (χ4v) is 2.18. The Hall–Kier alpha value is -1.35. The van der Waals surface area contributed by atoms with Crippen LogP contribution in [-0.2, 0) is 6.42 Å². The lowest BCUT2D eigenvalue weighted by molar-refractivity contribution is 0.871. The number of aryl methyl sites for hydroxylation is 1. The van der Waals surface area contributed by atoms with E-state index in [1.54, 1.807) is 0 Å². The monoisotopic (exact) mass is 304 g/mol. The molecule has 18 heavy (non-hydrogen) atoms. The van der Waals surface area contributed by atoms with Crippen LogP contribution in [0, 0.1) is 0 Å². The van der Waals surface area contributed by atoms with Gasteiger partial charge in [0.05, 0.1) is 0 Å². The van der Waals surface area contributed by atoms with Gasteiger partial charge in [0, 0.05) is 6.04 Å². The van der Waals surface area contributed by atoms with Gasteiger partial charge < -0.3 is 5.32 Å². The first kappa shape index (κ1) is 13.1. The maximum absolute atomic E-state index is 4.38. The van der Waals surface area contributed by atoms with Crippen LogP contribution in [0.15, 0.2) is 47.1 Å². The lowest BCUT2D eigenvalue weighted by Crippen LogP contribution is -2.07. The summed E-state index contributed by atoms with van der Waals surface area (Å²) < 4.78 is 0.848. The minimum atomic E-state index is 0.248. The molecule has 0 aliphatic heterocycles. The summed E-state index contributed by atoms with van der Waals surface area (Å²) in [5.41, 5.74) is 2.64. The number of halogens is 1. The van der Waals surface area contributed by atoms with E-state index in [0.717, 1.165) is 16.8 Å². The van der Waals surface area contributed by atoms with E-state index in [1.807, 2.05) is 18.2 Å². The average molecular weight is 305 g/mol. The van der Waals surface area contributed by atoms with Crippen LogP contribution in [0.1, 0.15) is 31.0 Å². The predicted molar refractivity (Wildman–Crippen MR) is 79.8 cm³/mol. The van der Waals surface area contributed by atoms with E-state index in [4.69, 9.17) is 0 Å². The van der Waals surface area contributed by atoms with Gasteiger partial charge in [-0.15, -0.1) is 0 Å². The Morgan fingerprint density at radius 1 is 1.17 bits per heavy atom. The zero-order chi connectivity index (χ0) is 13.0. The summed E-state index contributed by atoms with van der Waals surface area (Å²) in [6, 6.07) is 14.8. The predicted octanol–water partition coefficient (Wildman–Crippen LogP) is 4.58. The van der Waals surface area contributed by atoms with Crippen molar-refractivity contribution in [3.63, 3.8) is 0 Å². The number of nitrogens with zero attached hydrogens (tertiary/aromatic N) is 1. The number of rotatable bonds is 4. The van der Waals surface area contributed by atoms with Crippen molar-refractivity contribution in [2.24, 2.45) is 0 Å². The molecule has 94 valence electrons. The smallest absolute Gasteiger partial charge is 0.127 e. The zero-order valence-corrected chi connectivity index (χ0v) is 12.2. The van der Waals surface area contributed by atoms with Crippen molar-refractivity contribution in [1.29, 1.82) is 0 Å². The van der Waals surface area contributed by atoms with Crippen LogP contribution >= 0.6 is 15.9 Å². The van der Waals surface area contributed by atoms with Gasteiger partial charge in [-0.25, -0.2) is 4.98 Å². The Bertz CT molecular complexity index is 508. The third-order valence-electron chi connectivity index (χ3n) is 2.97. The van der Waals surface area contributed by atoms with Crippen molar-refractivity contribution < 1.29 is 0 Å². The maximum atomic E-state index is 4.38. The fraction of sp³-hybridized carbons (Fsp3) is 0.267. The first-order chi connectivity index (χ1) is 8.69. The molecule has 0 radical (unpaired) electrons. The van der Waals surface area contributed by atoms with Crippen LogP contribution in [0.2, 0.25) is 0 Å². The minimum Gasteiger partial charge on any atom is -0.364 e. The van der Waals surface area contributed by atoms with Crippen molar-refractivity contribution in [3.8, 4) is 0 Å². The SMILES string of the molecule is CCc1ccc(C(C)Nc2cccc(Br)n2)cc1. The van der Waals surface area contributed by atoms with Gasteiger partial charge in [0.1, 0.15) is 10.4 Å². The Labute approximate surface area is 117 Å². The summed E-state index contributed by atoms with van der Waals surface area (Å²) >= 11 is 3.38. The fourth-order valence-electron chi connectivity index (χ4n) is 1.84. The standard InChI is InChI=1S/C15H17BrN2/c1-3-12-7-9-13(10-8-12)11(2)17-15-6-4-5-14(16)18-15/h4-11H,3H2,1-2H3,(H,17,18). The molecule has 0 spiro atoms. The Morgan fingerprint density at radius 2 is 1.89 bits per heavy atom. The molecule has 1 atom stereocenters. The van der Waals surface area contributed by atoms with Gasteiger partial charge in [-0.1, -0.05) is 37.3 Å². The van der Waals surface area contributed by atoms with Crippen molar-refractivity contribution in [3.05, 3.63) is 58.2 Å². The second-order valence-electron chi connectivity index (χ2n) is 4.31. The third-order valence-corrected chi connectivity index (χ3v) is 3.41. The van der Waals surface area contributed by atoms with Gasteiger partial charge in [0.25, 0.3) is 0 Å². The van der Waals surface area contributed by atoms with Crippen LogP contribution in [0.25, 0.3) is 0 Å². The Kier molecular flexibility index (Phi) is 4.37. The largest absolute Gasteiger partial charge is 0.364 e. The lowest BCUT2D eigenvalue weighted by atomic mass is 10.1. The van der Waals surface area contributed by atoms with Gasteiger partial charge in [0.2, 0.25) is 0 Å². The van der Waals surface area contributed by atoms with Crippen molar-refractivity contribution in [2.45, 2.75) is 26.3 Å². The highest BCUT2D eigenvalue weighted by molar-refractivity contribution is 9.10. The van der Waals surface area contributed by atoms with Gasteiger partial charge in [-0.05, 0) is 52.5 Å². The molecule has 0 aliphatic carbocycles. The van der Waals surface area contributed by atoms with E-state index in [0.29, 0.717) is 0 Å². The molecule has 1 heterocycles. The summed E-state index contributed by atoms with van der Waals surface area (Å²) in [7, 11) is 0. The molecule has 0 amide bonds. The molecule has 2 aromatic rings. The highest BCUT2D eigenvalue weighted by atomic mass is 79.9. The summed E-state index contributed by atoms with van der Waals surface area (Å²) in [4.78, 5) is 4.38. The Morgan fingerprint density at radius 3 is 2.50 bits per heavy atom. The first-order valence-corrected chi connectivity index (χ1v) is 6.96. The van der Waals surface area contributed by atoms with Crippen molar-refractivity contribution in [1.82, 2.24) is 4.98 Å². The molecule has 0 saturated heterocycles. The topological polar surface area (TPSA) is 24.9 Å². The van der Waals surface area contributed by atoms with Gasteiger partial charge in [-0.2, -0.15) is 0 Å². The van der Waals surface area contributed by atoms with Crippen LogP contribution in [-0.4, -0.2) is 4.98 Å². The van der Waals surface area contributed by atoms with Crippen LogP contribution in [0.5, 0.6) is 0 Å². The van der Waals surface area contributed by atoms with E-state index >= 15 is 0 Å². The van der Waals surface area contributed by atoms with Gasteiger partial charge in [-0.3, -0.25) is 0 Å². The third kappa shape index (κ3) is 3.33. The molecule has 0 fully saturated rings. The molecule has 3 heteroatoms. The minimum absolute atomic E-state index is 0.248. The van der Waals surface area contributed by atoms with Crippen molar-refractivity contribution >= 4 is 21.7 Å². The molecule has 0 bridgehead atoms. The highest BCUT2D eigenvalue weighted by Gasteiger charge is 2.05. The number of pyridine rings is 1. The van der Waals surface area contributed by atoms with E-state index in [2.05, 4.69) is 64.3 Å². The average Bonchev–Trinajstić information content (AvgIpc) is 2.39. The Balaban J connectivity index is 2.09. The number of benzene rings is 1. The quantitative estimate of drug-likeness (QED) is 0.836. The normalized spacial score (nSPS) is 12.2. The number of anilines is 1. The zero-order valence-electron chi connectivity index (χ0n) is 10.7. The second-order valence-corrected chi connectivity index (χ2v) is 5.12. The van der Waals surface area contributed by atoms with Crippen LogP contribution in [0.3, 0.4) is 0 Å². The number of aromatic nitrogens is 1. The second kappa shape index (κ2) is 6.01. The highest BCUT2D eigenvalue weighted by Crippen LogP contribution is 2.19. The van der Waals surface area contributed by atoms with Crippen LogP contribution < -0.4 is 5.32 Å². The summed E-state index contributed by atoms with van der Waals surface area (Å²) in [6.45, 7) is 4.31. The lowest BCUT2D eigenvalue weighted by Gasteiger charge is -2.15. The molecular weight excluding hydrogens is 288 g/mol. The molecule has 2 rings (SSSR count). The molecule has 2 nitrogen and oxygen atoms in total. The summed E-state index contributed by atoms with van der Waals surface area (Å²) in [5, 5.41) is 3.40. The molecule has 0 aliphatic rings. The van der Waals surface area contributed by atoms with Crippen molar-refractivity contribution in [2.75, 3.05) is 5.32 Å². The molecule has 1 unspecified atom stereocenters. The molecular formula is C15H17BrN2. The molecule has 1 aromatic heterocycles. The van der Waals surface area contributed by atoms with Gasteiger partial charge in [0.15, 0.2) is 0 Å². The van der Waals surface area contributed by atoms with Gasteiger partial charge >= 0.3 is 0 Å². The van der Waals surface area contributed by atoms with E-state index < -0.39 is 0 Å². The number of hydrogen-bond donors (Lipinski definition) is 1. The van der Waals surface area contributed by atoms with E-state index in [1.165, 1.54) is 11.1 Å². The summed E-state index contributed by atoms with van der Waals surface area (Å²) in [6.07, 6.45) is 1.08. The van der Waals surface area contributed by atoms with Crippen LogP contribution in [0.4, 0.5) is 5.82 Å². The molecule has 1 aromatic carbocycles. The number of hydrogen-bond acceptors (Lipinski definition) is 2. The summed E-state index contributed by atoms with van der Waals surface area (Å²) in [5.74, 6) is 0.886. The van der Waals surface area contributed by atoms with E-state index in [9.17, 15) is 0 Å². The maximum Gasteiger partial charge on any atom is 0.127 e. The molecule has 1 N–H and O–H groups in total. The molecule has 0 saturated carbocycles. The first-order valence-electron chi connectivity index (χ1n) is 6.17. The van der Waals surface area contributed by atoms with E-state index in [-0.39, 0.29) is 6.04 Å². The number of nitrogens with one attached hydrogen (secondary N) is 1.